The van der Waals surface area contributed by atoms with Gasteiger partial charge in [0.05, 0.1) is 10.2 Å². The first-order chi connectivity index (χ1) is 6.29. The maximum Gasteiger partial charge on any atom is 0.393 e. The third-order valence-electron chi connectivity index (χ3n) is 1.36. The summed E-state index contributed by atoms with van der Waals surface area (Å²) >= 11 is 3.73. The monoisotopic (exact) mass is 288 g/mol. The second-order valence-corrected chi connectivity index (χ2v) is 4.93. The van der Waals surface area contributed by atoms with Crippen molar-refractivity contribution in [3.8, 4) is 0 Å². The van der Waals surface area contributed by atoms with Crippen LogP contribution >= 0.6 is 27.3 Å². The lowest BCUT2D eigenvalue weighted by molar-refractivity contribution is -0.127. The Hall–Kier alpha value is -0.560. The molecule has 78 valence electrons. The van der Waals surface area contributed by atoms with Gasteiger partial charge in [-0.1, -0.05) is 0 Å². The first-order valence-corrected chi connectivity index (χ1v) is 4.99. The molecule has 0 aliphatic rings. The van der Waals surface area contributed by atoms with Crippen molar-refractivity contribution in [3.05, 3.63) is 20.3 Å². The molecule has 2 nitrogen and oxygen atoms in total. The van der Waals surface area contributed by atoms with Gasteiger partial charge in [0.25, 0.3) is 0 Å². The Morgan fingerprint density at radius 2 is 2.14 bits per heavy atom. The summed E-state index contributed by atoms with van der Waals surface area (Å²) in [6.45, 7) is 0. The number of halogens is 4. The lowest BCUT2D eigenvalue weighted by Gasteiger charge is -2.04. The van der Waals surface area contributed by atoms with E-state index >= 15 is 0 Å². The van der Waals surface area contributed by atoms with Crippen LogP contribution in [-0.4, -0.2) is 17.3 Å². The van der Waals surface area contributed by atoms with Crippen LogP contribution in [0.5, 0.6) is 0 Å². The fraction of sp³-hybridized carbons (Fsp3) is 0.286. The van der Waals surface area contributed by atoms with Crippen molar-refractivity contribution >= 4 is 33.2 Å². The molecule has 0 unspecified atom stereocenters. The predicted molar refractivity (Wildman–Crippen MR) is 48.7 cm³/mol. The molecule has 1 rings (SSSR count). The average molecular weight is 289 g/mol. The Bertz CT molecular complexity index is 358. The zero-order chi connectivity index (χ0) is 10.9. The van der Waals surface area contributed by atoms with Crippen LogP contribution in [0, 0.1) is 0 Å². The molecule has 0 bridgehead atoms. The van der Waals surface area contributed by atoms with Crippen LogP contribution in [-0.2, 0) is 6.42 Å². The molecule has 0 saturated heterocycles. The second-order valence-electron chi connectivity index (χ2n) is 2.50. The number of alkyl halides is 3. The molecular weight excluding hydrogens is 285 g/mol. The lowest BCUT2D eigenvalue weighted by Crippen LogP contribution is -2.13. The van der Waals surface area contributed by atoms with Crippen molar-refractivity contribution in [2.24, 2.45) is 0 Å². The number of carboxylic acids is 1. The molecule has 0 aliphatic carbocycles. The summed E-state index contributed by atoms with van der Waals surface area (Å²) in [4.78, 5) is 10.3. The number of carboxylic acid groups (broad SMARTS) is 1. The number of aromatic carboxylic acids is 1. The van der Waals surface area contributed by atoms with Crippen molar-refractivity contribution in [1.29, 1.82) is 0 Å². The average Bonchev–Trinajstić information content (AvgIpc) is 2.27. The molecular formula is C7H4BrF3O2S. The quantitative estimate of drug-likeness (QED) is 0.906. The normalized spacial score (nSPS) is 11.7. The highest BCUT2D eigenvalue weighted by Gasteiger charge is 2.31. The molecule has 0 saturated carbocycles. The third kappa shape index (κ3) is 2.98. The Morgan fingerprint density at radius 1 is 1.57 bits per heavy atom. The number of hydrogen-bond acceptors (Lipinski definition) is 2. The van der Waals surface area contributed by atoms with Gasteiger partial charge in [0.2, 0.25) is 0 Å². The highest BCUT2D eigenvalue weighted by molar-refractivity contribution is 9.11. The molecule has 1 aromatic heterocycles. The molecule has 0 aliphatic heterocycles. The Balaban J connectivity index is 3.02. The highest BCUT2D eigenvalue weighted by atomic mass is 79.9. The number of rotatable bonds is 2. The zero-order valence-corrected chi connectivity index (χ0v) is 8.96. The van der Waals surface area contributed by atoms with Gasteiger partial charge in [-0.3, -0.25) is 0 Å². The fourth-order valence-electron chi connectivity index (χ4n) is 0.923. The van der Waals surface area contributed by atoms with Crippen molar-refractivity contribution in [2.75, 3.05) is 0 Å². The summed E-state index contributed by atoms with van der Waals surface area (Å²) in [6.07, 6.45) is -5.60. The standard InChI is InChI=1S/C7H4BrF3O2S/c8-4-1-3(2-7(9,10)11)5(14-4)6(12)13/h1H,2H2,(H,12,13). The van der Waals surface area contributed by atoms with Gasteiger partial charge in [-0.2, -0.15) is 13.2 Å². The molecule has 0 spiro atoms. The van der Waals surface area contributed by atoms with E-state index in [0.717, 1.165) is 11.3 Å². The minimum Gasteiger partial charge on any atom is -0.477 e. The van der Waals surface area contributed by atoms with E-state index in [2.05, 4.69) is 15.9 Å². The first kappa shape index (κ1) is 11.5. The molecule has 0 amide bonds. The summed E-state index contributed by atoms with van der Waals surface area (Å²) < 4.78 is 36.4. The van der Waals surface area contributed by atoms with Crippen molar-refractivity contribution in [2.45, 2.75) is 12.6 Å². The van der Waals surface area contributed by atoms with E-state index < -0.39 is 18.6 Å². The van der Waals surface area contributed by atoms with E-state index in [1.165, 1.54) is 6.07 Å². The largest absolute Gasteiger partial charge is 0.477 e. The minimum absolute atomic E-state index is 0.207. The lowest BCUT2D eigenvalue weighted by atomic mass is 10.2. The smallest absolute Gasteiger partial charge is 0.393 e. The van der Waals surface area contributed by atoms with Crippen molar-refractivity contribution in [3.63, 3.8) is 0 Å². The first-order valence-electron chi connectivity index (χ1n) is 3.38. The SMILES string of the molecule is O=C(O)c1sc(Br)cc1CC(F)(F)F. The number of carbonyl (C=O) groups is 1. The maximum absolute atomic E-state index is 12.0. The summed E-state index contributed by atoms with van der Waals surface area (Å²) in [5.74, 6) is -1.33. The molecule has 1 aromatic rings. The van der Waals surface area contributed by atoms with Crippen LogP contribution in [0.3, 0.4) is 0 Å². The van der Waals surface area contributed by atoms with Crippen LogP contribution in [0.2, 0.25) is 0 Å². The van der Waals surface area contributed by atoms with E-state index in [0.29, 0.717) is 3.79 Å². The summed E-state index contributed by atoms with van der Waals surface area (Å²) in [5, 5.41) is 8.60. The second kappa shape index (κ2) is 3.90. The van der Waals surface area contributed by atoms with Crippen LogP contribution < -0.4 is 0 Å². The summed E-state index contributed by atoms with van der Waals surface area (Å²) in [7, 11) is 0. The molecule has 14 heavy (non-hydrogen) atoms. The molecule has 0 radical (unpaired) electrons. The van der Waals surface area contributed by atoms with E-state index in [1.54, 1.807) is 0 Å². The van der Waals surface area contributed by atoms with Gasteiger partial charge in [-0.15, -0.1) is 11.3 Å². The van der Waals surface area contributed by atoms with Crippen LogP contribution in [0.1, 0.15) is 15.2 Å². The predicted octanol–water partition coefficient (Wildman–Crippen LogP) is 3.31. The fourth-order valence-corrected chi connectivity index (χ4v) is 2.43. The Kier molecular flexibility index (Phi) is 3.20. The molecule has 0 atom stereocenters. The van der Waals surface area contributed by atoms with E-state index in [-0.39, 0.29) is 10.4 Å². The van der Waals surface area contributed by atoms with Gasteiger partial charge in [-0.25, -0.2) is 4.79 Å². The van der Waals surface area contributed by atoms with Gasteiger partial charge in [0.1, 0.15) is 4.88 Å². The molecule has 7 heteroatoms. The Labute approximate surface area is 89.5 Å². The summed E-state index contributed by atoms with van der Waals surface area (Å²) in [6, 6.07) is 1.18. The van der Waals surface area contributed by atoms with E-state index in [1.807, 2.05) is 0 Å². The van der Waals surface area contributed by atoms with Crippen LogP contribution in [0.15, 0.2) is 9.85 Å². The minimum atomic E-state index is -4.38. The number of thiophene rings is 1. The molecule has 1 N–H and O–H groups in total. The third-order valence-corrected chi connectivity index (χ3v) is 3.03. The van der Waals surface area contributed by atoms with Gasteiger partial charge >= 0.3 is 12.1 Å². The Morgan fingerprint density at radius 3 is 2.57 bits per heavy atom. The van der Waals surface area contributed by atoms with Gasteiger partial charge in [0.15, 0.2) is 0 Å². The molecule has 0 aromatic carbocycles. The van der Waals surface area contributed by atoms with E-state index in [4.69, 9.17) is 5.11 Å². The van der Waals surface area contributed by atoms with Crippen molar-refractivity contribution in [1.82, 2.24) is 0 Å². The number of hydrogen-bond donors (Lipinski definition) is 1. The van der Waals surface area contributed by atoms with Crippen molar-refractivity contribution < 1.29 is 23.1 Å². The highest BCUT2D eigenvalue weighted by Crippen LogP contribution is 2.31. The maximum atomic E-state index is 12.0. The van der Waals surface area contributed by atoms with E-state index in [9.17, 15) is 18.0 Å². The molecule has 1 heterocycles. The zero-order valence-electron chi connectivity index (χ0n) is 6.56. The van der Waals surface area contributed by atoms with Gasteiger partial charge < -0.3 is 5.11 Å². The van der Waals surface area contributed by atoms with Crippen LogP contribution in [0.25, 0.3) is 0 Å². The van der Waals surface area contributed by atoms with Gasteiger partial charge in [0, 0.05) is 0 Å². The summed E-state index contributed by atoms with van der Waals surface area (Å²) in [5.41, 5.74) is -0.207. The topological polar surface area (TPSA) is 37.3 Å². The van der Waals surface area contributed by atoms with Crippen LogP contribution in [0.4, 0.5) is 13.2 Å². The van der Waals surface area contributed by atoms with Gasteiger partial charge in [-0.05, 0) is 27.6 Å². The molecule has 0 fully saturated rings.